The zero-order chi connectivity index (χ0) is 34.1. The number of fused-ring (bicyclic) bond motifs is 4. The van der Waals surface area contributed by atoms with E-state index in [-0.39, 0.29) is 0 Å². The number of hydrogen-bond acceptors (Lipinski definition) is 4. The fraction of sp³-hybridized carbons (Fsp3) is 0. The molecule has 0 aliphatic heterocycles. The zero-order valence-electron chi connectivity index (χ0n) is 29.4. The van der Waals surface area contributed by atoms with Crippen LogP contribution in [0.2, 0.25) is 0 Å². The molecule has 0 spiro atoms. The third-order valence-corrected chi connectivity index (χ3v) is 10.6. The molecule has 49 heavy (non-hydrogen) atoms. The SMILES string of the molecule is Bc1cc(B)c2oc3ccc(B)c(-c4cccc(-c5nc(-c6ccc7ccccc7c6)nc(-c6c(B)c(B)c(B)c(B)c6B)n5)c4)c3c2c1. The zero-order valence-corrected chi connectivity index (χ0v) is 29.4. The second kappa shape index (κ2) is 11.8. The molecule has 4 nitrogen and oxygen atoms in total. The van der Waals surface area contributed by atoms with E-state index in [4.69, 9.17) is 19.4 Å². The molecule has 0 fully saturated rings. The molecular weight excluding hydrogens is 589 g/mol. The number of hydrogen-bond donors (Lipinski definition) is 0. The smallest absolute Gasteiger partial charge is 0.164 e. The van der Waals surface area contributed by atoms with Gasteiger partial charge in [0.2, 0.25) is 0 Å². The van der Waals surface area contributed by atoms with Gasteiger partial charge in [0.1, 0.15) is 73.9 Å². The first-order valence-corrected chi connectivity index (χ1v) is 17.0. The van der Waals surface area contributed by atoms with Gasteiger partial charge in [0.15, 0.2) is 17.5 Å². The van der Waals surface area contributed by atoms with Gasteiger partial charge in [0.05, 0.1) is 0 Å². The summed E-state index contributed by atoms with van der Waals surface area (Å²) in [4.78, 5) is 15.6. The Morgan fingerprint density at radius 1 is 0.449 bits per heavy atom. The van der Waals surface area contributed by atoms with Gasteiger partial charge in [-0.3, -0.25) is 0 Å². The molecule has 0 N–H and O–H groups in total. The lowest BCUT2D eigenvalue weighted by Crippen LogP contribution is -2.55. The number of furan rings is 1. The molecule has 0 aliphatic carbocycles. The molecule has 0 unspecified atom stereocenters. The Morgan fingerprint density at radius 2 is 1.08 bits per heavy atom. The van der Waals surface area contributed by atoms with Gasteiger partial charge in [-0.25, -0.2) is 15.0 Å². The van der Waals surface area contributed by atoms with Crippen LogP contribution in [0, 0.1) is 0 Å². The lowest BCUT2D eigenvalue weighted by molar-refractivity contribution is 0.672. The number of nitrogens with zero attached hydrogens (tertiary/aromatic N) is 3. The van der Waals surface area contributed by atoms with Gasteiger partial charge in [-0.1, -0.05) is 94.6 Å². The van der Waals surface area contributed by atoms with E-state index in [1.165, 1.54) is 49.2 Å². The van der Waals surface area contributed by atoms with E-state index in [0.717, 1.165) is 55.0 Å². The van der Waals surface area contributed by atoms with E-state index in [1.54, 1.807) is 0 Å². The van der Waals surface area contributed by atoms with E-state index < -0.39 is 0 Å². The van der Waals surface area contributed by atoms with E-state index in [1.807, 2.05) is 0 Å². The molecule has 6 aromatic carbocycles. The summed E-state index contributed by atoms with van der Waals surface area (Å²) in [6.07, 6.45) is 0. The van der Waals surface area contributed by atoms with E-state index in [2.05, 4.69) is 154 Å². The van der Waals surface area contributed by atoms with Crippen LogP contribution in [0.4, 0.5) is 0 Å². The highest BCUT2D eigenvalue weighted by Gasteiger charge is 2.20. The van der Waals surface area contributed by atoms with Crippen molar-refractivity contribution in [3.8, 4) is 45.3 Å². The van der Waals surface area contributed by atoms with Crippen LogP contribution in [0.1, 0.15) is 0 Å². The highest BCUT2D eigenvalue weighted by molar-refractivity contribution is 6.68. The summed E-state index contributed by atoms with van der Waals surface area (Å²) in [6.45, 7) is 0. The van der Waals surface area contributed by atoms with E-state index in [0.29, 0.717) is 17.5 Å². The molecule has 0 saturated carbocycles. The monoisotopic (exact) mass is 621 g/mol. The van der Waals surface area contributed by atoms with Crippen LogP contribution in [0.3, 0.4) is 0 Å². The van der Waals surface area contributed by atoms with Crippen molar-refractivity contribution in [1.29, 1.82) is 0 Å². The summed E-state index contributed by atoms with van der Waals surface area (Å²) in [6, 6.07) is 32.1. The summed E-state index contributed by atoms with van der Waals surface area (Å²) < 4.78 is 6.45. The molecule has 0 atom stereocenters. The standard InChI is InChI=1S/C37H31B8N3O/c38-21-14-22-27-25(49-34(22)24(40)15-21)11-10-23(39)26(27)18-6-3-7-19(13-18)35-46-36(20-9-8-16-4-1-2-5-17(16)12-20)48-37(47-35)28-29(41)31(43)33(45)32(44)30(28)42/h1-15H,38-45H2. The molecule has 224 valence electrons. The predicted octanol–water partition coefficient (Wildman–Crippen LogP) is -4.34. The maximum atomic E-state index is 6.45. The normalized spacial score (nSPS) is 11.5. The van der Waals surface area contributed by atoms with Gasteiger partial charge in [0, 0.05) is 27.5 Å². The predicted molar refractivity (Wildman–Crippen MR) is 232 cm³/mol. The average molecular weight is 620 g/mol. The van der Waals surface area contributed by atoms with Crippen molar-refractivity contribution in [2.45, 2.75) is 0 Å². The quantitative estimate of drug-likeness (QED) is 0.187. The minimum absolute atomic E-state index is 0.651. The van der Waals surface area contributed by atoms with Gasteiger partial charge in [-0.2, -0.15) is 0 Å². The summed E-state index contributed by atoms with van der Waals surface area (Å²) >= 11 is 0. The average Bonchev–Trinajstić information content (AvgIpc) is 3.48. The second-order valence-corrected chi connectivity index (χ2v) is 13.6. The first-order chi connectivity index (χ1) is 23.6. The molecule has 8 rings (SSSR count). The molecule has 0 aliphatic rings. The summed E-state index contributed by atoms with van der Waals surface area (Å²) in [5.41, 5.74) is 16.9. The molecule has 0 bridgehead atoms. The Hall–Kier alpha value is -5.09. The minimum atomic E-state index is 0.651. The Kier molecular flexibility index (Phi) is 7.51. The number of benzene rings is 6. The van der Waals surface area contributed by atoms with Crippen molar-refractivity contribution in [2.24, 2.45) is 0 Å². The molecule has 12 heteroatoms. The van der Waals surface area contributed by atoms with Crippen LogP contribution < -0.4 is 43.7 Å². The Morgan fingerprint density at radius 3 is 1.82 bits per heavy atom. The van der Waals surface area contributed by atoms with Crippen LogP contribution in [0.15, 0.2) is 95.4 Å². The largest absolute Gasteiger partial charge is 0.457 e. The van der Waals surface area contributed by atoms with Gasteiger partial charge in [-0.05, 0) is 45.6 Å². The molecular formula is C37H31B8N3O. The van der Waals surface area contributed by atoms with Gasteiger partial charge in [-0.15, -0.1) is 16.4 Å². The molecule has 8 aromatic rings. The van der Waals surface area contributed by atoms with Crippen LogP contribution >= 0.6 is 0 Å². The fourth-order valence-electron chi connectivity index (χ4n) is 7.52. The molecule has 0 amide bonds. The molecule has 0 radical (unpaired) electrons. The molecule has 2 heterocycles. The third-order valence-electron chi connectivity index (χ3n) is 10.6. The Labute approximate surface area is 293 Å². The molecule has 2 aromatic heterocycles. The highest BCUT2D eigenvalue weighted by atomic mass is 16.3. The van der Waals surface area contributed by atoms with E-state index in [9.17, 15) is 0 Å². The maximum absolute atomic E-state index is 6.45. The van der Waals surface area contributed by atoms with Gasteiger partial charge < -0.3 is 4.42 Å². The lowest BCUT2D eigenvalue weighted by atomic mass is 9.60. The van der Waals surface area contributed by atoms with Crippen molar-refractivity contribution in [3.05, 3.63) is 91.0 Å². The Bertz CT molecular complexity index is 2640. The minimum Gasteiger partial charge on any atom is -0.457 e. The van der Waals surface area contributed by atoms with Crippen LogP contribution in [-0.2, 0) is 0 Å². The summed E-state index contributed by atoms with van der Waals surface area (Å²) in [5.74, 6) is 2.01. The maximum Gasteiger partial charge on any atom is 0.164 e. The van der Waals surface area contributed by atoms with Crippen molar-refractivity contribution in [2.75, 3.05) is 0 Å². The van der Waals surface area contributed by atoms with E-state index >= 15 is 0 Å². The number of aromatic nitrogens is 3. The third kappa shape index (κ3) is 5.17. The highest BCUT2D eigenvalue weighted by Crippen LogP contribution is 2.36. The van der Waals surface area contributed by atoms with Crippen molar-refractivity contribution in [1.82, 2.24) is 15.0 Å². The van der Waals surface area contributed by atoms with Crippen molar-refractivity contribution < 1.29 is 4.42 Å². The van der Waals surface area contributed by atoms with Crippen LogP contribution in [-0.4, -0.2) is 77.7 Å². The molecule has 0 saturated heterocycles. The van der Waals surface area contributed by atoms with Gasteiger partial charge >= 0.3 is 0 Å². The van der Waals surface area contributed by atoms with Gasteiger partial charge in [0.25, 0.3) is 0 Å². The fourth-order valence-corrected chi connectivity index (χ4v) is 7.52. The first kappa shape index (κ1) is 31.2. The summed E-state index contributed by atoms with van der Waals surface area (Å²) in [7, 11) is 17.4. The Balaban J connectivity index is 1.37. The van der Waals surface area contributed by atoms with Crippen molar-refractivity contribution in [3.63, 3.8) is 0 Å². The van der Waals surface area contributed by atoms with Crippen LogP contribution in [0.25, 0.3) is 78.0 Å². The summed E-state index contributed by atoms with van der Waals surface area (Å²) in [5, 5.41) is 4.63. The first-order valence-electron chi connectivity index (χ1n) is 17.0. The second-order valence-electron chi connectivity index (χ2n) is 13.6. The lowest BCUT2D eigenvalue weighted by Gasteiger charge is -2.20. The van der Waals surface area contributed by atoms with Crippen molar-refractivity contribution >= 4 is 139 Å². The number of rotatable bonds is 4. The topological polar surface area (TPSA) is 51.8 Å². The van der Waals surface area contributed by atoms with Crippen LogP contribution in [0.5, 0.6) is 0 Å².